The zero-order chi connectivity index (χ0) is 13.7. The highest BCUT2D eigenvalue weighted by Gasteiger charge is 2.42. The lowest BCUT2D eigenvalue weighted by atomic mass is 10.1. The van der Waals surface area contributed by atoms with Gasteiger partial charge in [0.25, 0.3) is 5.91 Å². The lowest BCUT2D eigenvalue weighted by Gasteiger charge is -2.17. The molecule has 4 nitrogen and oxygen atoms in total. The minimum Gasteiger partial charge on any atom is -0.375 e. The molecule has 1 aromatic heterocycles. The van der Waals surface area contributed by atoms with E-state index in [2.05, 4.69) is 10.3 Å². The molecule has 0 saturated heterocycles. The normalized spacial score (nSPS) is 18.6. The predicted molar refractivity (Wildman–Crippen MR) is 80.7 cm³/mol. The molecule has 5 heteroatoms. The SMILES string of the molecule is Nc1nc2ccc(C(=O)NC(C3CC3)C3CC3)cc2s1. The number of nitrogen functional groups attached to an aromatic ring is 1. The van der Waals surface area contributed by atoms with Crippen LogP contribution in [0.4, 0.5) is 5.13 Å². The van der Waals surface area contributed by atoms with E-state index in [9.17, 15) is 4.79 Å². The molecule has 4 rings (SSSR count). The van der Waals surface area contributed by atoms with Gasteiger partial charge in [0, 0.05) is 11.6 Å². The second-order valence-electron chi connectivity index (χ2n) is 5.91. The summed E-state index contributed by atoms with van der Waals surface area (Å²) in [5, 5.41) is 3.79. The van der Waals surface area contributed by atoms with Gasteiger partial charge in [-0.3, -0.25) is 4.79 Å². The molecular formula is C15H17N3OS. The Bertz CT molecular complexity index is 661. The van der Waals surface area contributed by atoms with Gasteiger partial charge in [0.05, 0.1) is 10.2 Å². The standard InChI is InChI=1S/C15H17N3OS/c16-15-17-11-6-5-10(7-12(11)20-15)14(19)18-13(8-1-2-8)9-3-4-9/h5-9,13H,1-4H2,(H2,16,17)(H,18,19). The molecule has 0 atom stereocenters. The summed E-state index contributed by atoms with van der Waals surface area (Å²) < 4.78 is 0.976. The van der Waals surface area contributed by atoms with Crippen LogP contribution in [0.5, 0.6) is 0 Å². The third-order valence-electron chi connectivity index (χ3n) is 4.22. The van der Waals surface area contributed by atoms with Crippen LogP contribution in [0.3, 0.4) is 0 Å². The van der Waals surface area contributed by atoms with Gasteiger partial charge >= 0.3 is 0 Å². The molecular weight excluding hydrogens is 270 g/mol. The first-order valence-corrected chi connectivity index (χ1v) is 7.99. The number of carbonyl (C=O) groups excluding carboxylic acids is 1. The molecule has 20 heavy (non-hydrogen) atoms. The van der Waals surface area contributed by atoms with Crippen molar-refractivity contribution < 1.29 is 4.79 Å². The molecule has 2 fully saturated rings. The first-order valence-electron chi connectivity index (χ1n) is 7.17. The minimum atomic E-state index is 0.0441. The van der Waals surface area contributed by atoms with E-state index in [4.69, 9.17) is 5.73 Å². The van der Waals surface area contributed by atoms with Crippen molar-refractivity contribution in [2.45, 2.75) is 31.7 Å². The number of nitrogens with one attached hydrogen (secondary N) is 1. The maximum atomic E-state index is 12.4. The van der Waals surface area contributed by atoms with Crippen molar-refractivity contribution in [2.24, 2.45) is 11.8 Å². The summed E-state index contributed by atoms with van der Waals surface area (Å²) in [4.78, 5) is 16.6. The van der Waals surface area contributed by atoms with Crippen LogP contribution in [0.1, 0.15) is 36.0 Å². The Kier molecular flexibility index (Phi) is 2.70. The number of thiazole rings is 1. The molecule has 1 heterocycles. The first kappa shape index (κ1) is 12.1. The van der Waals surface area contributed by atoms with E-state index in [1.165, 1.54) is 37.0 Å². The van der Waals surface area contributed by atoms with Crippen LogP contribution < -0.4 is 11.1 Å². The third kappa shape index (κ3) is 2.26. The number of rotatable bonds is 4. The zero-order valence-electron chi connectivity index (χ0n) is 11.1. The molecule has 1 aromatic carbocycles. The average Bonchev–Trinajstić information content (AvgIpc) is 3.32. The van der Waals surface area contributed by atoms with E-state index in [0.717, 1.165) is 10.2 Å². The van der Waals surface area contributed by atoms with Crippen molar-refractivity contribution in [1.29, 1.82) is 0 Å². The fraction of sp³-hybridized carbons (Fsp3) is 0.467. The third-order valence-corrected chi connectivity index (χ3v) is 5.07. The van der Waals surface area contributed by atoms with Gasteiger partial charge < -0.3 is 11.1 Å². The van der Waals surface area contributed by atoms with E-state index in [-0.39, 0.29) is 5.91 Å². The van der Waals surface area contributed by atoms with Crippen molar-refractivity contribution in [3.05, 3.63) is 23.8 Å². The Balaban J connectivity index is 1.56. The van der Waals surface area contributed by atoms with Crippen molar-refractivity contribution >= 4 is 32.6 Å². The highest BCUT2D eigenvalue weighted by Crippen LogP contribution is 2.44. The fourth-order valence-electron chi connectivity index (χ4n) is 2.85. The summed E-state index contributed by atoms with van der Waals surface area (Å²) in [5.74, 6) is 1.48. The molecule has 3 N–H and O–H groups in total. The maximum Gasteiger partial charge on any atom is 0.251 e. The summed E-state index contributed by atoms with van der Waals surface area (Å²) in [6.45, 7) is 0. The maximum absolute atomic E-state index is 12.4. The number of fused-ring (bicyclic) bond motifs is 1. The van der Waals surface area contributed by atoms with E-state index < -0.39 is 0 Å². The van der Waals surface area contributed by atoms with Crippen molar-refractivity contribution in [3.8, 4) is 0 Å². The Hall–Kier alpha value is -1.62. The van der Waals surface area contributed by atoms with E-state index in [1.54, 1.807) is 0 Å². The molecule has 0 bridgehead atoms. The van der Waals surface area contributed by atoms with E-state index in [1.807, 2.05) is 18.2 Å². The molecule has 1 amide bonds. The highest BCUT2D eigenvalue weighted by atomic mass is 32.1. The smallest absolute Gasteiger partial charge is 0.251 e. The van der Waals surface area contributed by atoms with Crippen molar-refractivity contribution in [1.82, 2.24) is 10.3 Å². The summed E-state index contributed by atoms with van der Waals surface area (Å²) in [5.41, 5.74) is 7.28. The molecule has 0 spiro atoms. The van der Waals surface area contributed by atoms with Gasteiger partial charge in [-0.1, -0.05) is 11.3 Å². The van der Waals surface area contributed by atoms with Crippen LogP contribution in [0.25, 0.3) is 10.2 Å². The highest BCUT2D eigenvalue weighted by molar-refractivity contribution is 7.22. The Morgan fingerprint density at radius 2 is 2.00 bits per heavy atom. The van der Waals surface area contributed by atoms with Gasteiger partial charge in [-0.2, -0.15) is 0 Å². The van der Waals surface area contributed by atoms with Crippen LogP contribution in [0.15, 0.2) is 18.2 Å². The van der Waals surface area contributed by atoms with Crippen LogP contribution in [-0.4, -0.2) is 16.9 Å². The fourth-order valence-corrected chi connectivity index (χ4v) is 3.62. The lowest BCUT2D eigenvalue weighted by Crippen LogP contribution is -2.38. The summed E-state index contributed by atoms with van der Waals surface area (Å²) in [6, 6.07) is 6.01. The second-order valence-corrected chi connectivity index (χ2v) is 6.97. The molecule has 0 aliphatic heterocycles. The molecule has 0 radical (unpaired) electrons. The number of anilines is 1. The van der Waals surface area contributed by atoms with Crippen LogP contribution in [-0.2, 0) is 0 Å². The van der Waals surface area contributed by atoms with Gasteiger partial charge in [-0.15, -0.1) is 0 Å². The Morgan fingerprint density at radius 3 is 2.65 bits per heavy atom. The van der Waals surface area contributed by atoms with Crippen LogP contribution in [0.2, 0.25) is 0 Å². The number of nitrogens with zero attached hydrogens (tertiary/aromatic N) is 1. The Labute approximate surface area is 121 Å². The largest absolute Gasteiger partial charge is 0.375 e. The van der Waals surface area contributed by atoms with Gasteiger partial charge in [0.2, 0.25) is 0 Å². The summed E-state index contributed by atoms with van der Waals surface area (Å²) in [6.07, 6.45) is 5.08. The molecule has 2 aliphatic rings. The topological polar surface area (TPSA) is 68.0 Å². The number of hydrogen-bond acceptors (Lipinski definition) is 4. The van der Waals surface area contributed by atoms with Crippen LogP contribution >= 0.6 is 11.3 Å². The second kappa shape index (κ2) is 4.45. The minimum absolute atomic E-state index is 0.0441. The van der Waals surface area contributed by atoms with Crippen molar-refractivity contribution in [2.75, 3.05) is 5.73 Å². The van der Waals surface area contributed by atoms with Gasteiger partial charge in [-0.25, -0.2) is 4.98 Å². The molecule has 0 unspecified atom stereocenters. The average molecular weight is 287 g/mol. The molecule has 2 aliphatic carbocycles. The zero-order valence-corrected chi connectivity index (χ0v) is 12.0. The van der Waals surface area contributed by atoms with Crippen LogP contribution in [0, 0.1) is 11.8 Å². The molecule has 104 valence electrons. The predicted octanol–water partition coefficient (Wildman–Crippen LogP) is 2.80. The monoisotopic (exact) mass is 287 g/mol. The van der Waals surface area contributed by atoms with E-state index in [0.29, 0.717) is 28.6 Å². The lowest BCUT2D eigenvalue weighted by molar-refractivity contribution is 0.0926. The summed E-state index contributed by atoms with van der Waals surface area (Å²) >= 11 is 1.43. The van der Waals surface area contributed by atoms with Gasteiger partial charge in [0.1, 0.15) is 0 Å². The Morgan fingerprint density at radius 1 is 1.30 bits per heavy atom. The first-order chi connectivity index (χ1) is 9.70. The number of nitrogens with two attached hydrogens (primary N) is 1. The van der Waals surface area contributed by atoms with E-state index >= 15 is 0 Å². The number of aromatic nitrogens is 1. The number of benzene rings is 1. The number of amides is 1. The molecule has 2 aromatic rings. The van der Waals surface area contributed by atoms with Gasteiger partial charge in [0.15, 0.2) is 5.13 Å². The number of hydrogen-bond donors (Lipinski definition) is 2. The summed E-state index contributed by atoms with van der Waals surface area (Å²) in [7, 11) is 0. The van der Waals surface area contributed by atoms with Crippen molar-refractivity contribution in [3.63, 3.8) is 0 Å². The quantitative estimate of drug-likeness (QED) is 0.908. The van der Waals surface area contributed by atoms with Gasteiger partial charge in [-0.05, 0) is 55.7 Å². The number of carbonyl (C=O) groups is 1. The molecule has 2 saturated carbocycles.